The molecular weight excluding hydrogens is 289 g/mol. The summed E-state index contributed by atoms with van der Waals surface area (Å²) >= 11 is 2.37. The number of hydrogen-bond acceptors (Lipinski definition) is 1. The maximum absolute atomic E-state index is 8.52. The van der Waals surface area contributed by atoms with Crippen LogP contribution in [-0.4, -0.2) is 3.92 Å². The molecule has 3 nitrogen and oxygen atoms in total. The lowest BCUT2D eigenvalue weighted by Crippen LogP contribution is -2.18. The molecule has 1 aliphatic carbocycles. The molecule has 4 heteroatoms. The lowest BCUT2D eigenvalue weighted by molar-refractivity contribution is 0.602. The van der Waals surface area contributed by atoms with Crippen molar-refractivity contribution in [1.29, 1.82) is 0 Å². The summed E-state index contributed by atoms with van der Waals surface area (Å²) in [4.78, 5) is 2.93. The largest absolute Gasteiger partial charge is 0.0848 e. The fraction of sp³-hybridized carbons (Fsp3) is 0.400. The molecule has 0 aliphatic heterocycles. The minimum absolute atomic E-state index is 0.0190. The number of azide groups is 1. The van der Waals surface area contributed by atoms with Gasteiger partial charge in [0.15, 0.2) is 0 Å². The number of aryl methyl sites for hydroxylation is 1. The van der Waals surface area contributed by atoms with E-state index in [0.717, 1.165) is 12.8 Å². The van der Waals surface area contributed by atoms with Gasteiger partial charge in [-0.25, -0.2) is 0 Å². The van der Waals surface area contributed by atoms with Gasteiger partial charge in [0.2, 0.25) is 0 Å². The van der Waals surface area contributed by atoms with Gasteiger partial charge < -0.3 is 0 Å². The van der Waals surface area contributed by atoms with Crippen LogP contribution < -0.4 is 0 Å². The fourth-order valence-electron chi connectivity index (χ4n) is 1.89. The molecule has 1 aromatic carbocycles. The lowest BCUT2D eigenvalue weighted by atomic mass is 9.88. The van der Waals surface area contributed by atoms with Gasteiger partial charge in [-0.2, -0.15) is 0 Å². The van der Waals surface area contributed by atoms with Gasteiger partial charge in [-0.15, -0.1) is 0 Å². The molecule has 0 bridgehead atoms. The Morgan fingerprint density at radius 2 is 2.21 bits per heavy atom. The first-order valence-corrected chi connectivity index (χ1v) is 5.83. The number of alkyl halides is 1. The van der Waals surface area contributed by atoms with E-state index in [9.17, 15) is 0 Å². The first-order chi connectivity index (χ1) is 6.83. The summed E-state index contributed by atoms with van der Waals surface area (Å²) < 4.78 is 0.429. The van der Waals surface area contributed by atoms with Crippen molar-refractivity contribution in [1.82, 2.24) is 0 Å². The SMILES string of the molecule is [N-]=[N+]=N[C@@H]1c2ccccc2CC[C@H]1I. The first-order valence-electron chi connectivity index (χ1n) is 4.59. The third kappa shape index (κ3) is 1.72. The highest BCUT2D eigenvalue weighted by Crippen LogP contribution is 2.37. The van der Waals surface area contributed by atoms with Crippen molar-refractivity contribution in [3.05, 3.63) is 45.8 Å². The number of nitrogens with zero attached hydrogens (tertiary/aromatic N) is 3. The maximum Gasteiger partial charge on any atom is 0.0745 e. The van der Waals surface area contributed by atoms with Crippen LogP contribution in [0.4, 0.5) is 0 Å². The van der Waals surface area contributed by atoms with Crippen LogP contribution >= 0.6 is 22.6 Å². The molecule has 0 amide bonds. The molecule has 0 saturated heterocycles. The average molecular weight is 299 g/mol. The van der Waals surface area contributed by atoms with Crippen molar-refractivity contribution in [3.8, 4) is 0 Å². The molecule has 0 radical (unpaired) electrons. The Kier molecular flexibility index (Phi) is 2.93. The molecule has 0 spiro atoms. The average Bonchev–Trinajstić information content (AvgIpc) is 2.23. The molecule has 0 aromatic heterocycles. The Balaban J connectivity index is 2.45. The molecule has 0 saturated carbocycles. The van der Waals surface area contributed by atoms with E-state index in [1.54, 1.807) is 0 Å². The van der Waals surface area contributed by atoms with Crippen molar-refractivity contribution >= 4 is 22.6 Å². The number of rotatable bonds is 1. The molecule has 0 heterocycles. The molecule has 0 fully saturated rings. The highest BCUT2D eigenvalue weighted by molar-refractivity contribution is 14.1. The molecule has 0 unspecified atom stereocenters. The second kappa shape index (κ2) is 4.19. The van der Waals surface area contributed by atoms with E-state index >= 15 is 0 Å². The number of benzene rings is 1. The minimum Gasteiger partial charge on any atom is -0.0848 e. The summed E-state index contributed by atoms with van der Waals surface area (Å²) in [6.07, 6.45) is 2.20. The standard InChI is InChI=1S/C10H10IN3/c11-9-6-5-7-3-1-2-4-8(7)10(9)13-14-12/h1-4,9-10H,5-6H2/t9-,10-/m1/s1. The topological polar surface area (TPSA) is 48.8 Å². The monoisotopic (exact) mass is 299 g/mol. The molecule has 2 rings (SSSR count). The van der Waals surface area contributed by atoms with Crippen LogP contribution in [0, 0.1) is 0 Å². The van der Waals surface area contributed by atoms with Gasteiger partial charge in [0, 0.05) is 8.84 Å². The Bertz CT molecular complexity index is 385. The van der Waals surface area contributed by atoms with Gasteiger partial charge in [-0.3, -0.25) is 0 Å². The molecule has 1 aromatic rings. The van der Waals surface area contributed by atoms with Gasteiger partial charge >= 0.3 is 0 Å². The summed E-state index contributed by atoms with van der Waals surface area (Å²) in [5, 5.41) is 3.88. The summed E-state index contributed by atoms with van der Waals surface area (Å²) in [5.74, 6) is 0. The van der Waals surface area contributed by atoms with E-state index in [1.165, 1.54) is 11.1 Å². The van der Waals surface area contributed by atoms with E-state index in [-0.39, 0.29) is 6.04 Å². The number of fused-ring (bicyclic) bond motifs is 1. The van der Waals surface area contributed by atoms with E-state index in [0.29, 0.717) is 3.92 Å². The second-order valence-electron chi connectivity index (χ2n) is 3.40. The van der Waals surface area contributed by atoms with Crippen molar-refractivity contribution < 1.29 is 0 Å². The number of halogens is 1. The highest BCUT2D eigenvalue weighted by atomic mass is 127. The van der Waals surface area contributed by atoms with Crippen LogP contribution in [0.2, 0.25) is 0 Å². The van der Waals surface area contributed by atoms with Gasteiger partial charge in [-0.05, 0) is 29.5 Å². The molecular formula is C10H10IN3. The number of hydrogen-bond donors (Lipinski definition) is 0. The second-order valence-corrected chi connectivity index (χ2v) is 5.00. The van der Waals surface area contributed by atoms with Crippen LogP contribution in [0.1, 0.15) is 23.6 Å². The molecule has 2 atom stereocenters. The Labute approximate surface area is 96.3 Å². The third-order valence-electron chi connectivity index (χ3n) is 2.58. The van der Waals surface area contributed by atoms with Crippen LogP contribution in [-0.2, 0) is 6.42 Å². The van der Waals surface area contributed by atoms with Crippen LogP contribution in [0.3, 0.4) is 0 Å². The van der Waals surface area contributed by atoms with Crippen molar-refractivity contribution in [3.63, 3.8) is 0 Å². The Hall–Kier alpha value is -0.740. The smallest absolute Gasteiger partial charge is 0.0745 e. The molecule has 0 N–H and O–H groups in total. The minimum atomic E-state index is 0.0190. The Morgan fingerprint density at radius 1 is 1.43 bits per heavy atom. The predicted octanol–water partition coefficient (Wildman–Crippen LogP) is 3.79. The van der Waals surface area contributed by atoms with Gasteiger partial charge in [0.25, 0.3) is 0 Å². The van der Waals surface area contributed by atoms with Crippen LogP contribution in [0.25, 0.3) is 10.4 Å². The zero-order valence-corrected chi connectivity index (χ0v) is 9.76. The maximum atomic E-state index is 8.52. The summed E-state index contributed by atoms with van der Waals surface area (Å²) in [5.41, 5.74) is 11.1. The molecule has 14 heavy (non-hydrogen) atoms. The van der Waals surface area contributed by atoms with Gasteiger partial charge in [0.1, 0.15) is 0 Å². The summed E-state index contributed by atoms with van der Waals surface area (Å²) in [6.45, 7) is 0. The third-order valence-corrected chi connectivity index (χ3v) is 3.89. The lowest BCUT2D eigenvalue weighted by Gasteiger charge is -2.26. The van der Waals surface area contributed by atoms with Crippen LogP contribution in [0.5, 0.6) is 0 Å². The van der Waals surface area contributed by atoms with E-state index in [4.69, 9.17) is 5.53 Å². The molecule has 72 valence electrons. The van der Waals surface area contributed by atoms with Crippen LogP contribution in [0.15, 0.2) is 29.4 Å². The van der Waals surface area contributed by atoms with Gasteiger partial charge in [-0.1, -0.05) is 52.0 Å². The first kappa shape index (κ1) is 9.80. The van der Waals surface area contributed by atoms with E-state index in [2.05, 4.69) is 44.7 Å². The zero-order valence-electron chi connectivity index (χ0n) is 7.60. The molecule has 1 aliphatic rings. The predicted molar refractivity (Wildman–Crippen MR) is 64.5 cm³/mol. The van der Waals surface area contributed by atoms with E-state index < -0.39 is 0 Å². The van der Waals surface area contributed by atoms with Crippen molar-refractivity contribution in [2.24, 2.45) is 5.11 Å². The van der Waals surface area contributed by atoms with Crippen molar-refractivity contribution in [2.75, 3.05) is 0 Å². The van der Waals surface area contributed by atoms with E-state index in [1.807, 2.05) is 12.1 Å². The normalized spacial score (nSPS) is 24.9. The quantitative estimate of drug-likeness (QED) is 0.249. The summed E-state index contributed by atoms with van der Waals surface area (Å²) in [7, 11) is 0. The zero-order chi connectivity index (χ0) is 9.97. The summed E-state index contributed by atoms with van der Waals surface area (Å²) in [6, 6.07) is 8.26. The van der Waals surface area contributed by atoms with Gasteiger partial charge in [0.05, 0.1) is 6.04 Å². The Morgan fingerprint density at radius 3 is 3.00 bits per heavy atom. The highest BCUT2D eigenvalue weighted by Gasteiger charge is 2.26. The van der Waals surface area contributed by atoms with Crippen molar-refractivity contribution in [2.45, 2.75) is 22.8 Å². The fourth-order valence-corrected chi connectivity index (χ4v) is 2.73.